The van der Waals surface area contributed by atoms with Crippen molar-refractivity contribution in [1.82, 2.24) is 13.7 Å². The Morgan fingerprint density at radius 2 is 1.01 bits per heavy atom. The maximum Gasteiger partial charge on any atom is 0.120 e. The minimum absolute atomic E-state index is 0.187. The number of fused-ring (bicyclic) bond motifs is 3. The van der Waals surface area contributed by atoms with Crippen LogP contribution in [0.4, 0.5) is 0 Å². The van der Waals surface area contributed by atoms with Gasteiger partial charge in [0, 0.05) is 51.3 Å². The summed E-state index contributed by atoms with van der Waals surface area (Å²) >= 11 is -0.588. The molecule has 2 N–H and O–H groups in total. The topological polar surface area (TPSA) is 154 Å². The summed E-state index contributed by atoms with van der Waals surface area (Å²) in [6, 6.07) is 39.0. The van der Waals surface area contributed by atoms with Crippen LogP contribution in [-0.4, -0.2) is 63.6 Å². The molecule has 3 aromatic heterocycles. The number of unbranched alkanes of at least 4 members (excludes halogenated alkanes) is 3. The Morgan fingerprint density at radius 1 is 0.534 bits per heavy atom. The van der Waals surface area contributed by atoms with E-state index in [4.69, 9.17) is 24.6 Å². The third-order valence-electron chi connectivity index (χ3n) is 13.4. The van der Waals surface area contributed by atoms with E-state index < -0.39 is 18.4 Å². The molecular formula is C60H71IN6O5Sn. The van der Waals surface area contributed by atoms with Gasteiger partial charge in [0.1, 0.15) is 35.1 Å². The van der Waals surface area contributed by atoms with E-state index in [1.54, 1.807) is 51.7 Å². The van der Waals surface area contributed by atoms with Gasteiger partial charge < -0.3 is 28.8 Å². The van der Waals surface area contributed by atoms with Gasteiger partial charge in [0.2, 0.25) is 0 Å². The van der Waals surface area contributed by atoms with Crippen LogP contribution in [-0.2, 0) is 19.6 Å². The molecule has 0 radical (unpaired) electrons. The number of nitrogens with zero attached hydrogens (tertiary/aromatic N) is 6. The summed E-state index contributed by atoms with van der Waals surface area (Å²) in [5.41, 5.74) is 7.17. The van der Waals surface area contributed by atoms with E-state index in [2.05, 4.69) is 101 Å². The van der Waals surface area contributed by atoms with Crippen molar-refractivity contribution in [2.75, 3.05) is 21.3 Å². The van der Waals surface area contributed by atoms with Crippen molar-refractivity contribution in [3.63, 3.8) is 0 Å². The van der Waals surface area contributed by atoms with Gasteiger partial charge in [0.25, 0.3) is 0 Å². The molecule has 0 bridgehead atoms. The summed E-state index contributed by atoms with van der Waals surface area (Å²) in [5.74, 6) is 2.97. The molecule has 0 atom stereocenters. The van der Waals surface area contributed by atoms with Crippen molar-refractivity contribution in [1.29, 1.82) is 15.8 Å². The molecule has 0 unspecified atom stereocenters. The Labute approximate surface area is 450 Å². The molecule has 0 saturated carbocycles. The predicted molar refractivity (Wildman–Crippen MR) is 309 cm³/mol. The van der Waals surface area contributed by atoms with Crippen LogP contribution in [0.5, 0.6) is 28.7 Å². The molecule has 13 heteroatoms. The first kappa shape index (κ1) is 57.6. The van der Waals surface area contributed by atoms with Gasteiger partial charge in [-0.05, 0) is 91.0 Å². The van der Waals surface area contributed by atoms with E-state index in [-0.39, 0.29) is 5.75 Å². The first-order chi connectivity index (χ1) is 35.4. The number of hydrogen-bond acceptors (Lipinski definition) is 8. The Morgan fingerprint density at radius 3 is 1.44 bits per heavy atom. The number of hydrogen-bond donors (Lipinski definition) is 2. The average Bonchev–Trinajstić information content (AvgIpc) is 4.07. The van der Waals surface area contributed by atoms with Gasteiger partial charge in [-0.1, -0.05) is 18.2 Å². The van der Waals surface area contributed by atoms with Crippen LogP contribution in [0.3, 0.4) is 0 Å². The summed E-state index contributed by atoms with van der Waals surface area (Å²) in [6.45, 7) is 15.8. The van der Waals surface area contributed by atoms with Crippen LogP contribution in [0.1, 0.15) is 96.8 Å². The molecule has 73 heavy (non-hydrogen) atoms. The van der Waals surface area contributed by atoms with Crippen LogP contribution in [0.2, 0.25) is 13.3 Å². The van der Waals surface area contributed by atoms with Crippen molar-refractivity contribution < 1.29 is 24.4 Å². The molecule has 5 aromatic carbocycles. The van der Waals surface area contributed by atoms with Crippen molar-refractivity contribution >= 4 is 77.4 Å². The van der Waals surface area contributed by atoms with Crippen LogP contribution in [0, 0.1) is 37.6 Å². The van der Waals surface area contributed by atoms with E-state index in [0.29, 0.717) is 11.3 Å². The second-order valence-electron chi connectivity index (χ2n) is 17.9. The minimum Gasteiger partial charge on any atom is -0.508 e. The molecule has 0 aliphatic heterocycles. The number of aryl methyl sites for hydroxylation is 3. The number of benzene rings is 5. The van der Waals surface area contributed by atoms with Crippen molar-refractivity contribution in [3.05, 3.63) is 130 Å². The third-order valence-corrected chi connectivity index (χ3v) is 29.7. The van der Waals surface area contributed by atoms with Gasteiger partial charge >= 0.3 is 176 Å². The first-order valence-electron chi connectivity index (χ1n) is 25.4. The summed E-state index contributed by atoms with van der Waals surface area (Å²) < 4.78 is 29.3. The molecule has 382 valence electrons. The Kier molecular flexibility index (Phi) is 22.3. The van der Waals surface area contributed by atoms with Gasteiger partial charge in [0.15, 0.2) is 0 Å². The van der Waals surface area contributed by atoms with Crippen LogP contribution in [0.25, 0.3) is 44.0 Å². The third kappa shape index (κ3) is 13.7. The number of halogens is 1. The van der Waals surface area contributed by atoms with Gasteiger partial charge in [-0.3, -0.25) is 0 Å². The molecule has 0 saturated heterocycles. The summed E-state index contributed by atoms with van der Waals surface area (Å²) in [4.78, 5) is 0. The van der Waals surface area contributed by atoms with Crippen molar-refractivity contribution in [2.45, 2.75) is 113 Å². The largest absolute Gasteiger partial charge is 0.508 e. The molecule has 8 aromatic rings. The molecule has 0 amide bonds. The molecule has 8 rings (SSSR count). The van der Waals surface area contributed by atoms with Crippen molar-refractivity contribution in [3.8, 4) is 58.2 Å². The van der Waals surface area contributed by atoms with Crippen LogP contribution in [0.15, 0.2) is 109 Å². The number of ether oxygens (including phenoxy) is 3. The second kappa shape index (κ2) is 28.2. The molecule has 0 aliphatic rings. The molecule has 0 spiro atoms. The number of aromatic nitrogens is 3. The maximum absolute atomic E-state index is 10.2. The smallest absolute Gasteiger partial charge is 0.120 e. The molecule has 0 fully saturated rings. The average molecular weight is 1200 g/mol. The molecular weight excluding hydrogens is 1130 g/mol. The molecule has 0 aliphatic carbocycles. The van der Waals surface area contributed by atoms with E-state index in [9.17, 15) is 15.6 Å². The second-order valence-corrected chi connectivity index (χ2v) is 32.1. The number of aromatic hydroxyl groups is 2. The SMILES string of the molecule is CCC[CH2][Sn]([CH2]CCC)([CH2]CCC)[c]1c(C#N)c2ccc(OC)cc2n1CC.CCn1c(-c2cccc(O)c2)c(C#N)c2ccc(OC)cc21.CCn1cc(C#N)c2ccc(OC)cc21.Oc1cccc(I)c1. The number of methoxy groups -OCH3 is 3. The Hall–Kier alpha value is -6.28. The van der Waals surface area contributed by atoms with E-state index in [1.165, 1.54) is 61.1 Å². The zero-order valence-corrected chi connectivity index (χ0v) is 49.1. The fraction of sp³-hybridized carbons (Fsp3) is 0.350. The van der Waals surface area contributed by atoms with Gasteiger partial charge in [-0.2, -0.15) is 10.5 Å². The molecule has 11 nitrogen and oxygen atoms in total. The fourth-order valence-corrected chi connectivity index (χ4v) is 27.8. The number of phenolic OH excluding ortho intramolecular Hbond substituents is 2. The molecule has 3 heterocycles. The first-order valence-corrected chi connectivity index (χ1v) is 34.0. The number of phenols is 2. The van der Waals surface area contributed by atoms with E-state index in [0.717, 1.165) is 90.0 Å². The normalized spacial score (nSPS) is 10.8. The van der Waals surface area contributed by atoms with Gasteiger partial charge in [-0.15, -0.1) is 0 Å². The van der Waals surface area contributed by atoms with Gasteiger partial charge in [0.05, 0.1) is 42.1 Å². The zero-order valence-electron chi connectivity index (χ0n) is 44.1. The van der Waals surface area contributed by atoms with Crippen LogP contribution < -0.4 is 17.9 Å². The van der Waals surface area contributed by atoms with Crippen LogP contribution >= 0.6 is 22.6 Å². The maximum atomic E-state index is 10.2. The number of nitriles is 3. The van der Waals surface area contributed by atoms with Gasteiger partial charge in [-0.25, -0.2) is 0 Å². The summed E-state index contributed by atoms with van der Waals surface area (Å²) in [5, 5.41) is 50.4. The fourth-order valence-electron chi connectivity index (χ4n) is 9.80. The Balaban J connectivity index is 0.000000194. The predicted octanol–water partition coefficient (Wildman–Crippen LogP) is 15.0. The zero-order chi connectivity index (χ0) is 53.1. The van der Waals surface area contributed by atoms with Crippen molar-refractivity contribution in [2.24, 2.45) is 0 Å². The standard InChI is InChI=1S/C18H16N2O2.C12H12N2O.C12H11N2O.C6H5IO.3C4H9.Sn/c1-3-20-17-10-14(22-2)7-8-15(17)16(11-19)18(20)12-5-4-6-13(21)9-12;2*1-3-14-8-9(7-13)11-5-4-10(15-2)6-12(11)14;7-5-2-1-3-6(8)4-5;3*1-3-4-2;/h4-10,21H,3H2,1-2H3;4-6,8H,3H2,1-2H3;4-6H,3H2,1-2H3;1-4,8H;3*1,3-4H2,2H3;. The monoisotopic (exact) mass is 1200 g/mol. The summed E-state index contributed by atoms with van der Waals surface area (Å²) in [6.07, 6.45) is 9.55. The Bertz CT molecular complexity index is 3190. The minimum atomic E-state index is -2.73. The van der Waals surface area contributed by atoms with E-state index >= 15 is 0 Å². The summed E-state index contributed by atoms with van der Waals surface area (Å²) in [7, 11) is 4.99. The van der Waals surface area contributed by atoms with E-state index in [1.807, 2.05) is 73.8 Å². The number of rotatable bonds is 17. The quantitative estimate of drug-likeness (QED) is 0.0675.